The van der Waals surface area contributed by atoms with E-state index in [0.29, 0.717) is 10.0 Å². The number of aliphatic hydroxyl groups excluding tert-OH is 1. The van der Waals surface area contributed by atoms with Gasteiger partial charge in [0, 0.05) is 6.20 Å². The van der Waals surface area contributed by atoms with E-state index in [-0.39, 0.29) is 6.61 Å². The van der Waals surface area contributed by atoms with Crippen molar-refractivity contribution in [2.45, 2.75) is 13.5 Å². The van der Waals surface area contributed by atoms with E-state index >= 15 is 0 Å². The van der Waals surface area contributed by atoms with Crippen molar-refractivity contribution in [2.24, 2.45) is 0 Å². The molecule has 0 aliphatic carbocycles. The quantitative estimate of drug-likeness (QED) is 0.898. The topological polar surface area (TPSA) is 38.0 Å². The number of nitrogens with zero attached hydrogens (tertiary/aromatic N) is 2. The third-order valence-electron chi connectivity index (χ3n) is 2.28. The summed E-state index contributed by atoms with van der Waals surface area (Å²) in [6.45, 7) is 1.80. The first-order chi connectivity index (χ1) is 7.61. The lowest BCUT2D eigenvalue weighted by molar-refractivity contribution is 0.282. The molecule has 0 spiro atoms. The predicted molar refractivity (Wildman–Crippen MR) is 64.2 cm³/mol. The molecule has 1 aromatic carbocycles. The van der Waals surface area contributed by atoms with Crippen molar-refractivity contribution in [3.63, 3.8) is 0 Å². The molecule has 2 aromatic rings. The number of aryl methyl sites for hydroxylation is 1. The Morgan fingerprint density at radius 1 is 1.31 bits per heavy atom. The molecule has 3 nitrogen and oxygen atoms in total. The number of halogens is 2. The van der Waals surface area contributed by atoms with Gasteiger partial charge in [0.2, 0.25) is 0 Å². The molecule has 0 atom stereocenters. The maximum absolute atomic E-state index is 8.97. The average Bonchev–Trinajstić information content (AvgIpc) is 2.58. The van der Waals surface area contributed by atoms with Gasteiger partial charge in [-0.3, -0.25) is 0 Å². The second kappa shape index (κ2) is 4.45. The summed E-state index contributed by atoms with van der Waals surface area (Å²) in [5, 5.41) is 14.3. The molecule has 1 aromatic heterocycles. The molecule has 0 fully saturated rings. The maximum Gasteiger partial charge on any atom is 0.0832 e. The fourth-order valence-electron chi connectivity index (χ4n) is 1.40. The van der Waals surface area contributed by atoms with Crippen LogP contribution in [-0.2, 0) is 6.61 Å². The van der Waals surface area contributed by atoms with Crippen molar-refractivity contribution in [1.29, 1.82) is 0 Å². The Labute approximate surface area is 103 Å². The molecule has 0 bridgehead atoms. The molecular weight excluding hydrogens is 247 g/mol. The molecule has 84 valence electrons. The first-order valence-electron chi connectivity index (χ1n) is 4.73. The standard InChI is InChI=1S/C11H10Cl2N2O/c1-7-10(13)5-15(14-7)11-3-2-8(6-16)4-9(11)12/h2-5,16H,6H2,1H3. The lowest BCUT2D eigenvalue weighted by Gasteiger charge is -2.05. The van der Waals surface area contributed by atoms with Crippen molar-refractivity contribution in [3.05, 3.63) is 45.7 Å². The predicted octanol–water partition coefficient (Wildman–Crippen LogP) is 2.98. The Morgan fingerprint density at radius 3 is 2.56 bits per heavy atom. The second-order valence-electron chi connectivity index (χ2n) is 3.45. The number of rotatable bonds is 2. The van der Waals surface area contributed by atoms with Crippen LogP contribution in [0.25, 0.3) is 5.69 Å². The fraction of sp³-hybridized carbons (Fsp3) is 0.182. The van der Waals surface area contributed by atoms with Gasteiger partial charge >= 0.3 is 0 Å². The summed E-state index contributed by atoms with van der Waals surface area (Å²) in [5.41, 5.74) is 2.27. The maximum atomic E-state index is 8.97. The smallest absolute Gasteiger partial charge is 0.0832 e. The first-order valence-corrected chi connectivity index (χ1v) is 5.49. The number of hydrogen-bond donors (Lipinski definition) is 1. The third-order valence-corrected chi connectivity index (χ3v) is 2.95. The molecule has 2 rings (SSSR count). The van der Waals surface area contributed by atoms with Crippen molar-refractivity contribution < 1.29 is 5.11 Å². The molecule has 0 saturated heterocycles. The van der Waals surface area contributed by atoms with Gasteiger partial charge in [-0.25, -0.2) is 4.68 Å². The van der Waals surface area contributed by atoms with Crippen LogP contribution in [0.5, 0.6) is 0 Å². The fourth-order valence-corrected chi connectivity index (χ4v) is 1.82. The van der Waals surface area contributed by atoms with Crippen molar-refractivity contribution in [2.75, 3.05) is 0 Å². The molecule has 5 heteroatoms. The lowest BCUT2D eigenvalue weighted by Crippen LogP contribution is -1.97. The van der Waals surface area contributed by atoms with Crippen LogP contribution in [0.4, 0.5) is 0 Å². The number of hydrogen-bond acceptors (Lipinski definition) is 2. The highest BCUT2D eigenvalue weighted by Crippen LogP contribution is 2.24. The zero-order valence-electron chi connectivity index (χ0n) is 8.61. The minimum atomic E-state index is -0.0289. The summed E-state index contributed by atoms with van der Waals surface area (Å²) in [7, 11) is 0. The van der Waals surface area contributed by atoms with Gasteiger partial charge in [0.25, 0.3) is 0 Å². The van der Waals surface area contributed by atoms with Gasteiger partial charge < -0.3 is 5.11 Å². The highest BCUT2D eigenvalue weighted by atomic mass is 35.5. The Balaban J connectivity index is 2.48. The van der Waals surface area contributed by atoms with E-state index < -0.39 is 0 Å². The number of aromatic nitrogens is 2. The monoisotopic (exact) mass is 256 g/mol. The molecule has 0 aliphatic heterocycles. The molecule has 1 N–H and O–H groups in total. The Kier molecular flexibility index (Phi) is 3.19. The van der Waals surface area contributed by atoms with E-state index in [1.165, 1.54) is 0 Å². The van der Waals surface area contributed by atoms with Gasteiger partial charge in [-0.2, -0.15) is 5.10 Å². The van der Waals surface area contributed by atoms with Crippen LogP contribution in [0, 0.1) is 6.92 Å². The van der Waals surface area contributed by atoms with Crippen LogP contribution in [0.1, 0.15) is 11.3 Å². The molecule has 16 heavy (non-hydrogen) atoms. The first kappa shape index (κ1) is 11.5. The van der Waals surface area contributed by atoms with E-state index in [1.54, 1.807) is 29.1 Å². The van der Waals surface area contributed by atoms with E-state index in [9.17, 15) is 0 Å². The highest BCUT2D eigenvalue weighted by Gasteiger charge is 2.07. The van der Waals surface area contributed by atoms with Gasteiger partial charge in [-0.15, -0.1) is 0 Å². The Morgan fingerprint density at radius 2 is 2.06 bits per heavy atom. The second-order valence-corrected chi connectivity index (χ2v) is 4.27. The lowest BCUT2D eigenvalue weighted by atomic mass is 10.2. The zero-order valence-corrected chi connectivity index (χ0v) is 10.1. The molecule has 0 aliphatic rings. The summed E-state index contributed by atoms with van der Waals surface area (Å²) in [6, 6.07) is 5.31. The third kappa shape index (κ3) is 2.07. The van der Waals surface area contributed by atoms with Crippen molar-refractivity contribution in [3.8, 4) is 5.69 Å². The van der Waals surface area contributed by atoms with E-state index in [4.69, 9.17) is 28.3 Å². The summed E-state index contributed by atoms with van der Waals surface area (Å²) < 4.78 is 1.63. The SMILES string of the molecule is Cc1nn(-c2ccc(CO)cc2Cl)cc1Cl. The van der Waals surface area contributed by atoms with Gasteiger partial charge in [0.15, 0.2) is 0 Å². The van der Waals surface area contributed by atoms with Crippen LogP contribution in [0.2, 0.25) is 10.0 Å². The van der Waals surface area contributed by atoms with Crippen LogP contribution in [0.3, 0.4) is 0 Å². The van der Waals surface area contributed by atoms with Gasteiger partial charge in [-0.1, -0.05) is 29.3 Å². The van der Waals surface area contributed by atoms with Crippen LogP contribution in [-0.4, -0.2) is 14.9 Å². The molecule has 0 amide bonds. The van der Waals surface area contributed by atoms with Crippen molar-refractivity contribution in [1.82, 2.24) is 9.78 Å². The molecular formula is C11H10Cl2N2O. The van der Waals surface area contributed by atoms with Crippen LogP contribution in [0.15, 0.2) is 24.4 Å². The normalized spacial score (nSPS) is 10.8. The van der Waals surface area contributed by atoms with Gasteiger partial charge in [0.05, 0.1) is 28.0 Å². The zero-order chi connectivity index (χ0) is 11.7. The minimum absolute atomic E-state index is 0.0289. The Bertz CT molecular complexity index is 503. The summed E-state index contributed by atoms with van der Waals surface area (Å²) in [6.07, 6.45) is 1.71. The van der Waals surface area contributed by atoms with Gasteiger partial charge in [-0.05, 0) is 24.6 Å². The molecule has 0 radical (unpaired) electrons. The van der Waals surface area contributed by atoms with Gasteiger partial charge in [0.1, 0.15) is 0 Å². The number of benzene rings is 1. The van der Waals surface area contributed by atoms with E-state index in [1.807, 2.05) is 6.92 Å². The summed E-state index contributed by atoms with van der Waals surface area (Å²) in [5.74, 6) is 0. The average molecular weight is 257 g/mol. The van der Waals surface area contributed by atoms with E-state index in [0.717, 1.165) is 16.9 Å². The highest BCUT2D eigenvalue weighted by molar-refractivity contribution is 6.32. The molecule has 0 saturated carbocycles. The van der Waals surface area contributed by atoms with Crippen LogP contribution >= 0.6 is 23.2 Å². The van der Waals surface area contributed by atoms with Crippen molar-refractivity contribution >= 4 is 23.2 Å². The largest absolute Gasteiger partial charge is 0.392 e. The minimum Gasteiger partial charge on any atom is -0.392 e. The summed E-state index contributed by atoms with van der Waals surface area (Å²) in [4.78, 5) is 0. The van der Waals surface area contributed by atoms with Crippen LogP contribution < -0.4 is 0 Å². The number of aliphatic hydroxyl groups is 1. The molecule has 0 unspecified atom stereocenters. The van der Waals surface area contributed by atoms with E-state index in [2.05, 4.69) is 5.10 Å². The Hall–Kier alpha value is -1.03. The molecule has 1 heterocycles. The summed E-state index contributed by atoms with van der Waals surface area (Å²) >= 11 is 12.0.